The first-order valence-corrected chi connectivity index (χ1v) is 10.6. The number of rotatable bonds is 4. The Kier molecular flexibility index (Phi) is 4.50. The van der Waals surface area contributed by atoms with E-state index >= 15 is 0 Å². The third kappa shape index (κ3) is 2.82. The largest absolute Gasteiger partial charge is 0.495 e. The van der Waals surface area contributed by atoms with Gasteiger partial charge in [0, 0.05) is 23.2 Å². The van der Waals surface area contributed by atoms with Crippen LogP contribution in [0, 0.1) is 5.82 Å². The average molecular weight is 432 g/mol. The molecule has 0 saturated heterocycles. The van der Waals surface area contributed by atoms with Crippen molar-refractivity contribution in [2.24, 2.45) is 0 Å². The van der Waals surface area contributed by atoms with Crippen molar-refractivity contribution in [3.05, 3.63) is 36.5 Å². The molecule has 3 aromatic heterocycles. The molecule has 0 fully saturated rings. The minimum atomic E-state index is -3.72. The molecular formula is C20H21FN4O4S. The highest BCUT2D eigenvalue weighted by Crippen LogP contribution is 2.38. The number of fused-ring (bicyclic) bond motifs is 2. The number of nitrogens with one attached hydrogen (secondary N) is 1. The van der Waals surface area contributed by atoms with Gasteiger partial charge in [-0.3, -0.25) is 9.50 Å². The number of aromatic amines is 1. The third-order valence-electron chi connectivity index (χ3n) is 5.02. The Hall–Kier alpha value is -3.14. The smallest absolute Gasteiger partial charge is 0.188 e. The molecule has 3 heterocycles. The molecule has 30 heavy (non-hydrogen) atoms. The van der Waals surface area contributed by atoms with E-state index in [2.05, 4.69) is 15.2 Å². The molecule has 0 unspecified atom stereocenters. The summed E-state index contributed by atoms with van der Waals surface area (Å²) in [5.74, 6) is -0.322. The van der Waals surface area contributed by atoms with Crippen molar-refractivity contribution in [1.29, 1.82) is 0 Å². The fourth-order valence-electron chi connectivity index (χ4n) is 3.34. The summed E-state index contributed by atoms with van der Waals surface area (Å²) >= 11 is 0. The lowest BCUT2D eigenvalue weighted by Gasteiger charge is -2.21. The van der Waals surface area contributed by atoms with Crippen molar-refractivity contribution < 1.29 is 22.3 Å². The van der Waals surface area contributed by atoms with Crippen molar-refractivity contribution in [3.8, 4) is 22.8 Å². The summed E-state index contributed by atoms with van der Waals surface area (Å²) in [6.45, 7) is 4.86. The Morgan fingerprint density at radius 3 is 2.50 bits per heavy atom. The van der Waals surface area contributed by atoms with Gasteiger partial charge in [-0.15, -0.1) is 0 Å². The fourth-order valence-corrected chi connectivity index (χ4v) is 4.65. The highest BCUT2D eigenvalue weighted by molar-refractivity contribution is 7.92. The number of halogens is 1. The quantitative estimate of drug-likeness (QED) is 0.529. The standard InChI is InChI=1S/C20H21FN4O4S/c1-20(2,3)30(26,27)16-10-25-14(9-22-17(25)7-15(16)28-4)11-6-13(21)19(29-5)18-12(11)8-23-24-18/h6-10H,1-5H3,(H,23,24). The number of hydrogen-bond donors (Lipinski definition) is 1. The number of sulfone groups is 1. The second-order valence-corrected chi connectivity index (χ2v) is 10.5. The van der Waals surface area contributed by atoms with Crippen molar-refractivity contribution in [2.45, 2.75) is 30.4 Å². The van der Waals surface area contributed by atoms with Gasteiger partial charge in [-0.2, -0.15) is 5.10 Å². The third-order valence-corrected chi connectivity index (χ3v) is 7.51. The first kappa shape index (κ1) is 20.1. The molecule has 10 heteroatoms. The van der Waals surface area contributed by atoms with E-state index < -0.39 is 20.4 Å². The summed E-state index contributed by atoms with van der Waals surface area (Å²) in [6.07, 6.45) is 4.57. The molecule has 0 spiro atoms. The maximum atomic E-state index is 14.7. The second kappa shape index (κ2) is 6.69. The van der Waals surface area contributed by atoms with Crippen LogP contribution in [0.1, 0.15) is 20.8 Å². The second-order valence-electron chi connectivity index (χ2n) is 7.79. The molecular weight excluding hydrogens is 411 g/mol. The van der Waals surface area contributed by atoms with E-state index in [4.69, 9.17) is 9.47 Å². The normalized spacial score (nSPS) is 12.6. The monoisotopic (exact) mass is 432 g/mol. The van der Waals surface area contributed by atoms with E-state index in [1.807, 2.05) is 0 Å². The topological polar surface area (TPSA) is 98.6 Å². The molecule has 1 aromatic carbocycles. The van der Waals surface area contributed by atoms with Gasteiger partial charge in [0.2, 0.25) is 0 Å². The molecule has 0 bridgehead atoms. The molecule has 0 aliphatic carbocycles. The summed E-state index contributed by atoms with van der Waals surface area (Å²) in [5.41, 5.74) is 1.86. The fraction of sp³-hybridized carbons (Fsp3) is 0.300. The van der Waals surface area contributed by atoms with E-state index in [1.54, 1.807) is 43.6 Å². The van der Waals surface area contributed by atoms with E-state index in [-0.39, 0.29) is 16.4 Å². The molecule has 0 radical (unpaired) electrons. The Labute approximate surface area is 172 Å². The summed E-state index contributed by atoms with van der Waals surface area (Å²) in [7, 11) is -0.939. The number of pyridine rings is 1. The molecule has 0 atom stereocenters. The van der Waals surface area contributed by atoms with Crippen LogP contribution in [0.15, 0.2) is 35.6 Å². The highest BCUT2D eigenvalue weighted by Gasteiger charge is 2.34. The van der Waals surface area contributed by atoms with Crippen LogP contribution in [0.3, 0.4) is 0 Å². The molecule has 0 aliphatic heterocycles. The van der Waals surface area contributed by atoms with Crippen molar-refractivity contribution in [1.82, 2.24) is 19.6 Å². The zero-order valence-corrected chi connectivity index (χ0v) is 18.0. The number of methoxy groups -OCH3 is 2. The molecule has 158 valence electrons. The maximum absolute atomic E-state index is 14.7. The molecule has 0 amide bonds. The van der Waals surface area contributed by atoms with Crippen LogP contribution in [-0.4, -0.2) is 47.0 Å². The lowest BCUT2D eigenvalue weighted by Crippen LogP contribution is -2.28. The molecule has 4 aromatic rings. The van der Waals surface area contributed by atoms with Crippen molar-refractivity contribution >= 4 is 26.4 Å². The predicted molar refractivity (Wildman–Crippen MR) is 110 cm³/mol. The van der Waals surface area contributed by atoms with Gasteiger partial charge in [-0.25, -0.2) is 17.8 Å². The van der Waals surface area contributed by atoms with Crippen molar-refractivity contribution in [3.63, 3.8) is 0 Å². The summed E-state index contributed by atoms with van der Waals surface area (Å²) in [5, 5.41) is 7.36. The predicted octanol–water partition coefficient (Wildman–Crippen LogP) is 3.61. The molecule has 4 rings (SSSR count). The minimum Gasteiger partial charge on any atom is -0.495 e. The minimum absolute atomic E-state index is 0.0293. The van der Waals surface area contributed by atoms with E-state index in [0.717, 1.165) is 0 Å². The Balaban J connectivity index is 2.05. The van der Waals surface area contributed by atoms with Gasteiger partial charge in [-0.1, -0.05) is 0 Å². The summed E-state index contributed by atoms with van der Waals surface area (Å²) in [4.78, 5) is 4.39. The van der Waals surface area contributed by atoms with Gasteiger partial charge in [0.25, 0.3) is 0 Å². The van der Waals surface area contributed by atoms with Crippen LogP contribution in [0.2, 0.25) is 0 Å². The average Bonchev–Trinajstić information content (AvgIpc) is 3.32. The zero-order chi connectivity index (χ0) is 21.8. The molecule has 8 nitrogen and oxygen atoms in total. The number of benzene rings is 1. The first-order chi connectivity index (χ1) is 14.1. The van der Waals surface area contributed by atoms with Crippen LogP contribution in [-0.2, 0) is 9.84 Å². The Bertz CT molecular complexity index is 1380. The van der Waals surface area contributed by atoms with Crippen LogP contribution in [0.4, 0.5) is 4.39 Å². The van der Waals surface area contributed by atoms with Crippen LogP contribution in [0.5, 0.6) is 11.5 Å². The molecule has 1 N–H and O–H groups in total. The highest BCUT2D eigenvalue weighted by atomic mass is 32.2. The number of H-pyrrole nitrogens is 1. The van der Waals surface area contributed by atoms with Gasteiger partial charge in [0.15, 0.2) is 21.4 Å². The van der Waals surface area contributed by atoms with E-state index in [9.17, 15) is 12.8 Å². The zero-order valence-electron chi connectivity index (χ0n) is 17.1. The van der Waals surface area contributed by atoms with Crippen LogP contribution in [0.25, 0.3) is 27.8 Å². The Morgan fingerprint density at radius 2 is 1.87 bits per heavy atom. The molecule has 0 saturated carbocycles. The van der Waals surface area contributed by atoms with E-state index in [1.165, 1.54) is 26.5 Å². The summed E-state index contributed by atoms with van der Waals surface area (Å²) < 4.78 is 52.0. The van der Waals surface area contributed by atoms with Gasteiger partial charge in [-0.05, 0) is 26.8 Å². The van der Waals surface area contributed by atoms with Crippen LogP contribution < -0.4 is 9.47 Å². The maximum Gasteiger partial charge on any atom is 0.188 e. The van der Waals surface area contributed by atoms with E-state index in [0.29, 0.717) is 27.8 Å². The van der Waals surface area contributed by atoms with Gasteiger partial charge in [0.05, 0.1) is 37.1 Å². The van der Waals surface area contributed by atoms with Crippen molar-refractivity contribution in [2.75, 3.05) is 14.2 Å². The first-order valence-electron chi connectivity index (χ1n) is 9.10. The van der Waals surface area contributed by atoms with Gasteiger partial charge in [0.1, 0.15) is 21.8 Å². The Morgan fingerprint density at radius 1 is 1.13 bits per heavy atom. The lowest BCUT2D eigenvalue weighted by molar-refractivity contribution is 0.391. The molecule has 0 aliphatic rings. The van der Waals surface area contributed by atoms with Gasteiger partial charge < -0.3 is 9.47 Å². The number of ether oxygens (including phenoxy) is 2. The number of imidazole rings is 1. The number of hydrogen-bond acceptors (Lipinski definition) is 6. The van der Waals surface area contributed by atoms with Crippen LogP contribution >= 0.6 is 0 Å². The number of nitrogens with zero attached hydrogens (tertiary/aromatic N) is 3. The van der Waals surface area contributed by atoms with Gasteiger partial charge >= 0.3 is 0 Å². The summed E-state index contributed by atoms with van der Waals surface area (Å²) in [6, 6.07) is 2.87. The SMILES string of the molecule is COc1cc2ncc(-c3cc(F)c(OC)c4[nH]ncc34)n2cc1S(=O)(=O)C(C)(C)C. The number of aromatic nitrogens is 4. The lowest BCUT2D eigenvalue weighted by atomic mass is 10.1.